The van der Waals surface area contributed by atoms with Crippen molar-refractivity contribution in [1.29, 1.82) is 0 Å². The number of carbonyl (C=O) groups is 1. The Balaban J connectivity index is 1.16. The molecule has 1 aliphatic rings. The van der Waals surface area contributed by atoms with Gasteiger partial charge in [-0.05, 0) is 48.9 Å². The van der Waals surface area contributed by atoms with Crippen LogP contribution < -0.4 is 9.46 Å². The Bertz CT molecular complexity index is 1590. The number of carboxylic acid groups (broad SMARTS) is 1. The summed E-state index contributed by atoms with van der Waals surface area (Å²) in [6.07, 6.45) is 0. The van der Waals surface area contributed by atoms with Gasteiger partial charge in [-0.1, -0.05) is 48.5 Å². The molecular weight excluding hydrogens is 540 g/mol. The number of fused-ring (bicyclic) bond motifs is 1. The van der Waals surface area contributed by atoms with Gasteiger partial charge < -0.3 is 9.84 Å². The standard InChI is InChI=1S/C31H34N4O5S/c1-23-19-25(28-9-5-6-10-29(28)33-23)22-40-26-11-13-27(14-12-26)41(38,39)32-20-30(31(36)37)35-17-15-34(16-18-35)21-24-7-3-2-4-8-24/h2-14,19,30,32H,15-18,20-22H2,1H3,(H,36,37)/t30-/m0/s1. The van der Waals surface area contributed by atoms with Crippen LogP contribution in [-0.4, -0.2) is 73.0 Å². The minimum absolute atomic E-state index is 0.0480. The van der Waals surface area contributed by atoms with Gasteiger partial charge in [-0.15, -0.1) is 0 Å². The summed E-state index contributed by atoms with van der Waals surface area (Å²) < 4.78 is 34.4. The lowest BCUT2D eigenvalue weighted by Gasteiger charge is -2.37. The summed E-state index contributed by atoms with van der Waals surface area (Å²) in [5, 5.41) is 10.9. The number of hydrogen-bond acceptors (Lipinski definition) is 7. The minimum Gasteiger partial charge on any atom is -0.489 e. The highest BCUT2D eigenvalue weighted by Crippen LogP contribution is 2.22. The summed E-state index contributed by atoms with van der Waals surface area (Å²) in [6.45, 7) is 5.34. The maximum Gasteiger partial charge on any atom is 0.322 e. The molecule has 0 amide bonds. The number of aliphatic carboxylic acids is 1. The summed E-state index contributed by atoms with van der Waals surface area (Å²) in [7, 11) is -3.91. The van der Waals surface area contributed by atoms with E-state index in [0.29, 0.717) is 38.5 Å². The molecule has 9 nitrogen and oxygen atoms in total. The molecule has 0 radical (unpaired) electrons. The smallest absolute Gasteiger partial charge is 0.322 e. The summed E-state index contributed by atoms with van der Waals surface area (Å²) in [5.74, 6) is -0.522. The van der Waals surface area contributed by atoms with Gasteiger partial charge in [0, 0.05) is 55.9 Å². The third-order valence-electron chi connectivity index (χ3n) is 7.31. The minimum atomic E-state index is -3.91. The van der Waals surface area contributed by atoms with Crippen LogP contribution >= 0.6 is 0 Å². The molecule has 41 heavy (non-hydrogen) atoms. The van der Waals surface area contributed by atoms with E-state index in [1.165, 1.54) is 17.7 Å². The van der Waals surface area contributed by atoms with E-state index < -0.39 is 22.0 Å². The SMILES string of the molecule is Cc1cc(COc2ccc(S(=O)(=O)NC[C@@H](C(=O)O)N3CCN(Cc4ccccc4)CC3)cc2)c2ccccc2n1. The van der Waals surface area contributed by atoms with Gasteiger partial charge in [0.1, 0.15) is 18.4 Å². The summed E-state index contributed by atoms with van der Waals surface area (Å²) in [4.78, 5) is 20.7. The molecule has 1 aromatic heterocycles. The second-order valence-electron chi connectivity index (χ2n) is 10.2. The van der Waals surface area contributed by atoms with Crippen molar-refractivity contribution in [3.8, 4) is 5.75 Å². The van der Waals surface area contributed by atoms with Gasteiger partial charge in [-0.3, -0.25) is 19.6 Å². The quantitative estimate of drug-likeness (QED) is 0.279. The molecule has 2 heterocycles. The van der Waals surface area contributed by atoms with Gasteiger partial charge in [0.25, 0.3) is 0 Å². The first-order valence-electron chi connectivity index (χ1n) is 13.6. The van der Waals surface area contributed by atoms with Gasteiger partial charge in [-0.2, -0.15) is 0 Å². The van der Waals surface area contributed by atoms with Crippen molar-refractivity contribution < 1.29 is 23.1 Å². The number of benzene rings is 3. The molecule has 5 rings (SSSR count). The number of rotatable bonds is 11. The number of para-hydroxylation sites is 1. The molecule has 3 aromatic carbocycles. The molecule has 0 spiro atoms. The number of carboxylic acids is 1. The molecule has 0 aliphatic carbocycles. The lowest BCUT2D eigenvalue weighted by Crippen LogP contribution is -2.55. The van der Waals surface area contributed by atoms with Crippen molar-refractivity contribution in [3.63, 3.8) is 0 Å². The number of hydrogen-bond donors (Lipinski definition) is 2. The average molecular weight is 575 g/mol. The maximum absolute atomic E-state index is 13.0. The van der Waals surface area contributed by atoms with Crippen molar-refractivity contribution in [1.82, 2.24) is 19.5 Å². The first-order chi connectivity index (χ1) is 19.8. The molecule has 1 saturated heterocycles. The van der Waals surface area contributed by atoms with E-state index in [1.807, 2.05) is 60.4 Å². The zero-order chi connectivity index (χ0) is 28.8. The third kappa shape index (κ3) is 7.28. The van der Waals surface area contributed by atoms with Crippen LogP contribution in [0, 0.1) is 6.92 Å². The molecule has 10 heteroatoms. The number of nitrogens with one attached hydrogen (secondary N) is 1. The number of piperazine rings is 1. The number of aromatic nitrogens is 1. The van der Waals surface area contributed by atoms with Crippen LogP contribution in [-0.2, 0) is 28.0 Å². The van der Waals surface area contributed by atoms with E-state index in [0.717, 1.165) is 28.7 Å². The van der Waals surface area contributed by atoms with Gasteiger partial charge in [0.05, 0.1) is 10.4 Å². The lowest BCUT2D eigenvalue weighted by molar-refractivity contribution is -0.143. The highest BCUT2D eigenvalue weighted by Gasteiger charge is 2.30. The average Bonchev–Trinajstić information content (AvgIpc) is 2.97. The number of aryl methyl sites for hydroxylation is 1. The number of sulfonamides is 1. The monoisotopic (exact) mass is 574 g/mol. The van der Waals surface area contributed by atoms with Gasteiger partial charge >= 0.3 is 5.97 Å². The van der Waals surface area contributed by atoms with Gasteiger partial charge in [-0.25, -0.2) is 13.1 Å². The number of pyridine rings is 1. The molecule has 0 saturated carbocycles. The summed E-state index contributed by atoms with van der Waals surface area (Å²) >= 11 is 0. The van der Waals surface area contributed by atoms with Crippen LogP contribution in [0.15, 0.2) is 89.8 Å². The zero-order valence-corrected chi connectivity index (χ0v) is 23.8. The molecule has 4 aromatic rings. The molecular formula is C31H34N4O5S. The van der Waals surface area contributed by atoms with Gasteiger partial charge in [0.2, 0.25) is 10.0 Å². The van der Waals surface area contributed by atoms with Crippen molar-refractivity contribution in [2.75, 3.05) is 32.7 Å². The zero-order valence-electron chi connectivity index (χ0n) is 22.9. The first-order valence-corrected chi connectivity index (χ1v) is 15.1. The molecule has 1 atom stereocenters. The van der Waals surface area contributed by atoms with Crippen LogP contribution in [0.1, 0.15) is 16.8 Å². The Kier molecular flexibility index (Phi) is 8.94. The summed E-state index contributed by atoms with van der Waals surface area (Å²) in [5.41, 5.74) is 3.99. The molecule has 0 bridgehead atoms. The van der Waals surface area contributed by atoms with E-state index in [-0.39, 0.29) is 11.4 Å². The largest absolute Gasteiger partial charge is 0.489 e. The number of nitrogens with zero attached hydrogens (tertiary/aromatic N) is 3. The van der Waals surface area contributed by atoms with E-state index in [4.69, 9.17) is 4.74 Å². The topological polar surface area (TPSA) is 112 Å². The van der Waals surface area contributed by atoms with Crippen molar-refractivity contribution in [3.05, 3.63) is 102 Å². The fraction of sp³-hybridized carbons (Fsp3) is 0.290. The number of ether oxygens (including phenoxy) is 1. The second kappa shape index (κ2) is 12.8. The Morgan fingerprint density at radius 2 is 1.66 bits per heavy atom. The van der Waals surface area contributed by atoms with Crippen LogP contribution in [0.25, 0.3) is 10.9 Å². The fourth-order valence-corrected chi connectivity index (χ4v) is 6.15. The van der Waals surface area contributed by atoms with Crippen LogP contribution in [0.2, 0.25) is 0 Å². The maximum atomic E-state index is 13.0. The van der Waals surface area contributed by atoms with Crippen LogP contribution in [0.3, 0.4) is 0 Å². The van der Waals surface area contributed by atoms with E-state index in [2.05, 4.69) is 26.7 Å². The predicted octanol–water partition coefficient (Wildman–Crippen LogP) is 3.67. The van der Waals surface area contributed by atoms with E-state index in [1.54, 1.807) is 12.1 Å². The highest BCUT2D eigenvalue weighted by atomic mass is 32.2. The molecule has 1 fully saturated rings. The Labute approximate surface area is 240 Å². The Morgan fingerprint density at radius 1 is 0.976 bits per heavy atom. The molecule has 0 unspecified atom stereocenters. The third-order valence-corrected chi connectivity index (χ3v) is 8.75. The van der Waals surface area contributed by atoms with Crippen molar-refractivity contribution in [2.45, 2.75) is 31.0 Å². The normalized spacial score (nSPS) is 15.5. The molecule has 1 aliphatic heterocycles. The highest BCUT2D eigenvalue weighted by molar-refractivity contribution is 7.89. The Hall–Kier alpha value is -3.83. The lowest BCUT2D eigenvalue weighted by atomic mass is 10.1. The van der Waals surface area contributed by atoms with Gasteiger partial charge in [0.15, 0.2) is 0 Å². The van der Waals surface area contributed by atoms with Crippen molar-refractivity contribution in [2.24, 2.45) is 0 Å². The molecule has 214 valence electrons. The predicted molar refractivity (Wildman–Crippen MR) is 157 cm³/mol. The van der Waals surface area contributed by atoms with Crippen LogP contribution in [0.5, 0.6) is 5.75 Å². The fourth-order valence-electron chi connectivity index (χ4n) is 5.11. The molecule has 2 N–H and O–H groups in total. The van der Waals surface area contributed by atoms with Crippen LogP contribution in [0.4, 0.5) is 0 Å². The van der Waals surface area contributed by atoms with E-state index >= 15 is 0 Å². The summed E-state index contributed by atoms with van der Waals surface area (Å²) in [6, 6.07) is 25.1. The van der Waals surface area contributed by atoms with Crippen molar-refractivity contribution >= 4 is 26.9 Å². The second-order valence-corrected chi connectivity index (χ2v) is 12.0. The van der Waals surface area contributed by atoms with E-state index in [9.17, 15) is 18.3 Å². The Morgan fingerprint density at radius 3 is 2.37 bits per heavy atom. The first kappa shape index (κ1) is 28.7.